The van der Waals surface area contributed by atoms with Crippen LogP contribution >= 0.6 is 0 Å². The third-order valence-corrected chi connectivity index (χ3v) is 5.82. The summed E-state index contributed by atoms with van der Waals surface area (Å²) in [5.41, 5.74) is 6.75. The standard InChI is InChI=1S/C27H22N6O/c1-18-11-12-24(19(2)13-18)34-16-20-7-6-8-21(14-20)25-30-27-23-15-29-33(22-9-4-3-5-10-22)26(23)28-17-32(27)31-25/h3-15,17H,16H2,1-2H3. The van der Waals surface area contributed by atoms with E-state index in [0.29, 0.717) is 12.4 Å². The van der Waals surface area contributed by atoms with Crippen LogP contribution in [0.3, 0.4) is 0 Å². The molecule has 0 bridgehead atoms. The Labute approximate surface area is 196 Å². The Kier molecular flexibility index (Phi) is 4.80. The van der Waals surface area contributed by atoms with Crippen LogP contribution in [0.15, 0.2) is 85.3 Å². The summed E-state index contributed by atoms with van der Waals surface area (Å²) >= 11 is 0. The number of benzene rings is 3. The molecule has 7 nitrogen and oxygen atoms in total. The van der Waals surface area contributed by atoms with E-state index in [2.05, 4.69) is 47.2 Å². The molecular formula is C27H22N6O. The summed E-state index contributed by atoms with van der Waals surface area (Å²) in [4.78, 5) is 9.41. The molecule has 0 fully saturated rings. The predicted octanol–water partition coefficient (Wildman–Crippen LogP) is 5.33. The Hall–Kier alpha value is -4.52. The van der Waals surface area contributed by atoms with E-state index in [-0.39, 0.29) is 0 Å². The third kappa shape index (κ3) is 3.57. The van der Waals surface area contributed by atoms with E-state index in [1.807, 2.05) is 59.3 Å². The second-order valence-corrected chi connectivity index (χ2v) is 8.34. The summed E-state index contributed by atoms with van der Waals surface area (Å²) < 4.78 is 9.58. The maximum Gasteiger partial charge on any atom is 0.182 e. The fourth-order valence-electron chi connectivity index (χ4n) is 4.12. The minimum absolute atomic E-state index is 0.473. The molecule has 0 saturated carbocycles. The number of nitrogens with zero attached hydrogens (tertiary/aromatic N) is 6. The summed E-state index contributed by atoms with van der Waals surface area (Å²) in [6.07, 6.45) is 3.47. The molecule has 0 aliphatic carbocycles. The first-order chi connectivity index (χ1) is 16.7. The molecule has 3 aromatic heterocycles. The first-order valence-electron chi connectivity index (χ1n) is 11.1. The molecule has 6 aromatic rings. The summed E-state index contributed by atoms with van der Waals surface area (Å²) in [5, 5.41) is 10.0. The van der Waals surface area contributed by atoms with Crippen LogP contribution in [0.5, 0.6) is 5.75 Å². The molecule has 0 radical (unpaired) electrons. The SMILES string of the molecule is Cc1ccc(OCc2cccc(-c3nc4c5cnn(-c6ccccc6)c5ncn4n3)c2)c(C)c1. The molecular weight excluding hydrogens is 424 g/mol. The van der Waals surface area contributed by atoms with Crippen LogP contribution in [-0.2, 0) is 6.61 Å². The monoisotopic (exact) mass is 446 g/mol. The molecule has 0 unspecified atom stereocenters. The number of aryl methyl sites for hydroxylation is 2. The quantitative estimate of drug-likeness (QED) is 0.358. The zero-order valence-corrected chi connectivity index (χ0v) is 18.9. The lowest BCUT2D eigenvalue weighted by Crippen LogP contribution is -1.98. The summed E-state index contributed by atoms with van der Waals surface area (Å²) in [7, 11) is 0. The van der Waals surface area contributed by atoms with Crippen LogP contribution in [0.2, 0.25) is 0 Å². The van der Waals surface area contributed by atoms with Gasteiger partial charge in [0, 0.05) is 5.56 Å². The molecule has 0 saturated heterocycles. The van der Waals surface area contributed by atoms with Crippen LogP contribution in [0.25, 0.3) is 33.8 Å². The molecule has 0 amide bonds. The van der Waals surface area contributed by atoms with Crippen molar-refractivity contribution in [2.75, 3.05) is 0 Å². The number of hydrogen-bond donors (Lipinski definition) is 0. The third-order valence-electron chi connectivity index (χ3n) is 5.82. The van der Waals surface area contributed by atoms with Crippen molar-refractivity contribution in [3.05, 3.63) is 102 Å². The smallest absolute Gasteiger partial charge is 0.182 e. The van der Waals surface area contributed by atoms with Crippen LogP contribution in [0.1, 0.15) is 16.7 Å². The molecule has 6 rings (SSSR count). The van der Waals surface area contributed by atoms with Gasteiger partial charge in [0.1, 0.15) is 18.7 Å². The zero-order chi connectivity index (χ0) is 23.1. The Morgan fingerprint density at radius 2 is 1.76 bits per heavy atom. The topological polar surface area (TPSA) is 70.1 Å². The first kappa shape index (κ1) is 20.1. The van der Waals surface area contributed by atoms with E-state index < -0.39 is 0 Å². The van der Waals surface area contributed by atoms with Gasteiger partial charge in [-0.25, -0.2) is 19.2 Å². The average Bonchev–Trinajstić information content (AvgIpc) is 3.48. The van der Waals surface area contributed by atoms with Crippen molar-refractivity contribution in [1.29, 1.82) is 0 Å². The molecule has 0 aliphatic rings. The van der Waals surface area contributed by atoms with Crippen LogP contribution < -0.4 is 4.74 Å². The van der Waals surface area contributed by atoms with Crippen molar-refractivity contribution in [2.24, 2.45) is 0 Å². The number of fused-ring (bicyclic) bond motifs is 3. The summed E-state index contributed by atoms with van der Waals surface area (Å²) in [6.45, 7) is 4.62. The summed E-state index contributed by atoms with van der Waals surface area (Å²) in [5.74, 6) is 1.53. The van der Waals surface area contributed by atoms with Gasteiger partial charge in [-0.2, -0.15) is 5.10 Å². The van der Waals surface area contributed by atoms with Gasteiger partial charge in [0.15, 0.2) is 17.1 Å². The maximum atomic E-state index is 6.06. The van der Waals surface area contributed by atoms with E-state index >= 15 is 0 Å². The fraction of sp³-hybridized carbons (Fsp3) is 0.111. The van der Waals surface area contributed by atoms with Crippen molar-refractivity contribution >= 4 is 16.7 Å². The minimum atomic E-state index is 0.473. The molecule has 3 heterocycles. The number of rotatable bonds is 5. The lowest BCUT2D eigenvalue weighted by molar-refractivity contribution is 0.304. The molecule has 0 N–H and O–H groups in total. The molecule has 34 heavy (non-hydrogen) atoms. The van der Waals surface area contributed by atoms with E-state index in [1.54, 1.807) is 17.0 Å². The highest BCUT2D eigenvalue weighted by Crippen LogP contribution is 2.24. The van der Waals surface area contributed by atoms with E-state index in [9.17, 15) is 0 Å². The second kappa shape index (κ2) is 8.12. The normalized spacial score (nSPS) is 11.4. The lowest BCUT2D eigenvalue weighted by atomic mass is 10.1. The van der Waals surface area contributed by atoms with Gasteiger partial charge in [0.25, 0.3) is 0 Å². The highest BCUT2D eigenvalue weighted by Gasteiger charge is 2.14. The van der Waals surface area contributed by atoms with Crippen LogP contribution in [0, 0.1) is 13.8 Å². The van der Waals surface area contributed by atoms with E-state index in [4.69, 9.17) is 9.72 Å². The van der Waals surface area contributed by atoms with Crippen molar-refractivity contribution in [3.63, 3.8) is 0 Å². The second-order valence-electron chi connectivity index (χ2n) is 8.34. The van der Waals surface area contributed by atoms with Gasteiger partial charge in [-0.05, 0) is 49.2 Å². The van der Waals surface area contributed by atoms with E-state index in [0.717, 1.165) is 44.8 Å². The van der Waals surface area contributed by atoms with E-state index in [1.165, 1.54) is 5.56 Å². The molecule has 166 valence electrons. The molecule has 0 atom stereocenters. The molecule has 0 spiro atoms. The van der Waals surface area contributed by atoms with Gasteiger partial charge < -0.3 is 4.74 Å². The van der Waals surface area contributed by atoms with Gasteiger partial charge in [-0.1, -0.05) is 54.1 Å². The largest absolute Gasteiger partial charge is 0.489 e. The molecule has 0 aliphatic heterocycles. The van der Waals surface area contributed by atoms with Gasteiger partial charge in [-0.3, -0.25) is 0 Å². The Morgan fingerprint density at radius 3 is 2.62 bits per heavy atom. The fourth-order valence-corrected chi connectivity index (χ4v) is 4.12. The van der Waals surface area contributed by atoms with Crippen molar-refractivity contribution < 1.29 is 4.74 Å². The van der Waals surface area contributed by atoms with Crippen molar-refractivity contribution in [2.45, 2.75) is 20.5 Å². The summed E-state index contributed by atoms with van der Waals surface area (Å²) in [6, 6.07) is 24.3. The van der Waals surface area contributed by atoms with Crippen molar-refractivity contribution in [1.82, 2.24) is 29.4 Å². The van der Waals surface area contributed by atoms with Crippen LogP contribution in [-0.4, -0.2) is 29.4 Å². The first-order valence-corrected chi connectivity index (χ1v) is 11.1. The van der Waals surface area contributed by atoms with Crippen LogP contribution in [0.4, 0.5) is 0 Å². The minimum Gasteiger partial charge on any atom is -0.489 e. The van der Waals surface area contributed by atoms with Gasteiger partial charge in [0.05, 0.1) is 17.3 Å². The van der Waals surface area contributed by atoms with Gasteiger partial charge in [-0.15, -0.1) is 5.10 Å². The molecule has 7 heteroatoms. The number of para-hydroxylation sites is 1. The Morgan fingerprint density at radius 1 is 0.882 bits per heavy atom. The van der Waals surface area contributed by atoms with Crippen molar-refractivity contribution in [3.8, 4) is 22.8 Å². The van der Waals surface area contributed by atoms with Gasteiger partial charge >= 0.3 is 0 Å². The zero-order valence-electron chi connectivity index (χ0n) is 18.9. The highest BCUT2D eigenvalue weighted by molar-refractivity contribution is 5.90. The maximum absolute atomic E-state index is 6.06. The number of ether oxygens (including phenoxy) is 1. The highest BCUT2D eigenvalue weighted by atomic mass is 16.5. The molecule has 3 aromatic carbocycles. The number of hydrogen-bond acceptors (Lipinski definition) is 5. The predicted molar refractivity (Wildman–Crippen MR) is 131 cm³/mol. The average molecular weight is 447 g/mol. The Balaban J connectivity index is 1.32. The Bertz CT molecular complexity index is 1630. The lowest BCUT2D eigenvalue weighted by Gasteiger charge is -2.10. The number of aromatic nitrogens is 6. The van der Waals surface area contributed by atoms with Gasteiger partial charge in [0.2, 0.25) is 0 Å².